The van der Waals surface area contributed by atoms with E-state index in [2.05, 4.69) is 9.97 Å². The van der Waals surface area contributed by atoms with Crippen LogP contribution in [0.3, 0.4) is 0 Å². The zero-order valence-electron chi connectivity index (χ0n) is 14.2. The topological polar surface area (TPSA) is 51.8 Å². The molecular weight excluding hydrogens is 371 g/mol. The van der Waals surface area contributed by atoms with Gasteiger partial charge in [0.25, 0.3) is 0 Å². The van der Waals surface area contributed by atoms with E-state index >= 15 is 0 Å². The SMILES string of the molecule is Cc1ccc(-c2cccc(C(F)(F)F)c2)cc1-c1csc2c(N)ncnc12. The molecule has 0 bridgehead atoms. The number of halogens is 3. The van der Waals surface area contributed by atoms with Gasteiger partial charge in [0.2, 0.25) is 0 Å². The van der Waals surface area contributed by atoms with Gasteiger partial charge in [0, 0.05) is 10.9 Å². The Morgan fingerprint density at radius 3 is 2.52 bits per heavy atom. The molecule has 27 heavy (non-hydrogen) atoms. The van der Waals surface area contributed by atoms with E-state index in [0.29, 0.717) is 16.9 Å². The molecule has 0 unspecified atom stereocenters. The minimum atomic E-state index is -4.37. The number of aromatic nitrogens is 2. The summed E-state index contributed by atoms with van der Waals surface area (Å²) in [4.78, 5) is 8.34. The summed E-state index contributed by atoms with van der Waals surface area (Å²) in [6, 6.07) is 11.0. The van der Waals surface area contributed by atoms with Crippen molar-refractivity contribution in [2.45, 2.75) is 13.1 Å². The van der Waals surface area contributed by atoms with Crippen molar-refractivity contribution in [3.8, 4) is 22.3 Å². The average Bonchev–Trinajstić information content (AvgIpc) is 3.07. The van der Waals surface area contributed by atoms with Gasteiger partial charge in [0.15, 0.2) is 0 Å². The maximum atomic E-state index is 13.0. The lowest BCUT2D eigenvalue weighted by Gasteiger charge is -2.11. The van der Waals surface area contributed by atoms with Crippen molar-refractivity contribution in [2.24, 2.45) is 0 Å². The minimum absolute atomic E-state index is 0.419. The molecule has 0 aliphatic carbocycles. The summed E-state index contributed by atoms with van der Waals surface area (Å²) in [6.45, 7) is 1.96. The number of nitrogens with two attached hydrogens (primary N) is 1. The Labute approximate surface area is 157 Å². The molecule has 4 rings (SSSR count). The van der Waals surface area contributed by atoms with Crippen molar-refractivity contribution >= 4 is 27.4 Å². The molecule has 2 heterocycles. The fraction of sp³-hybridized carbons (Fsp3) is 0.100. The summed E-state index contributed by atoms with van der Waals surface area (Å²) >= 11 is 1.45. The molecule has 0 aliphatic rings. The molecule has 0 saturated heterocycles. The van der Waals surface area contributed by atoms with Gasteiger partial charge in [-0.05, 0) is 47.4 Å². The molecule has 0 atom stereocenters. The highest BCUT2D eigenvalue weighted by atomic mass is 32.1. The number of benzene rings is 2. The van der Waals surface area contributed by atoms with Crippen LogP contribution >= 0.6 is 11.3 Å². The normalized spacial score (nSPS) is 11.9. The number of nitrogen functional groups attached to an aromatic ring is 1. The molecular formula is C20H14F3N3S. The number of rotatable bonds is 2. The van der Waals surface area contributed by atoms with E-state index in [1.54, 1.807) is 6.07 Å². The first-order valence-corrected chi connectivity index (χ1v) is 8.99. The minimum Gasteiger partial charge on any atom is -0.382 e. The molecule has 2 aromatic heterocycles. The molecule has 0 amide bonds. The molecule has 0 spiro atoms. The lowest BCUT2D eigenvalue weighted by molar-refractivity contribution is -0.137. The van der Waals surface area contributed by atoms with Crippen LogP contribution in [0.2, 0.25) is 0 Å². The molecule has 4 aromatic rings. The quantitative estimate of drug-likeness (QED) is 0.465. The highest BCUT2D eigenvalue weighted by molar-refractivity contribution is 7.18. The summed E-state index contributed by atoms with van der Waals surface area (Å²) in [7, 11) is 0. The monoisotopic (exact) mass is 385 g/mol. The fourth-order valence-electron chi connectivity index (χ4n) is 3.03. The maximum Gasteiger partial charge on any atom is 0.416 e. The Morgan fingerprint density at radius 1 is 0.963 bits per heavy atom. The number of aryl methyl sites for hydroxylation is 1. The van der Waals surface area contributed by atoms with Gasteiger partial charge in [-0.2, -0.15) is 13.2 Å². The zero-order valence-corrected chi connectivity index (χ0v) is 15.0. The Hall–Kier alpha value is -2.93. The molecule has 2 N–H and O–H groups in total. The lowest BCUT2D eigenvalue weighted by Crippen LogP contribution is -2.04. The molecule has 0 saturated carbocycles. The van der Waals surface area contributed by atoms with Crippen molar-refractivity contribution in [1.82, 2.24) is 9.97 Å². The molecule has 7 heteroatoms. The Balaban J connectivity index is 1.86. The van der Waals surface area contributed by atoms with E-state index in [1.165, 1.54) is 29.8 Å². The van der Waals surface area contributed by atoms with Crippen molar-refractivity contribution < 1.29 is 13.2 Å². The van der Waals surface area contributed by atoms with Crippen molar-refractivity contribution in [3.05, 3.63) is 65.3 Å². The summed E-state index contributed by atoms with van der Waals surface area (Å²) in [5.74, 6) is 0.419. The van der Waals surface area contributed by atoms with Gasteiger partial charge in [-0.25, -0.2) is 9.97 Å². The maximum absolute atomic E-state index is 13.0. The van der Waals surface area contributed by atoms with E-state index in [9.17, 15) is 13.2 Å². The summed E-state index contributed by atoms with van der Waals surface area (Å²) < 4.78 is 39.9. The van der Waals surface area contributed by atoms with Crippen LogP contribution in [-0.4, -0.2) is 9.97 Å². The second-order valence-electron chi connectivity index (χ2n) is 6.19. The Kier molecular flexibility index (Phi) is 4.11. The van der Waals surface area contributed by atoms with Crippen molar-refractivity contribution in [3.63, 3.8) is 0 Å². The second kappa shape index (κ2) is 6.35. The summed E-state index contributed by atoms with van der Waals surface area (Å²) in [6.07, 6.45) is -2.96. The van der Waals surface area contributed by atoms with E-state index in [0.717, 1.165) is 33.0 Å². The smallest absolute Gasteiger partial charge is 0.382 e. The van der Waals surface area contributed by atoms with E-state index in [1.807, 2.05) is 30.5 Å². The van der Waals surface area contributed by atoms with Crippen LogP contribution in [0.15, 0.2) is 54.2 Å². The Morgan fingerprint density at radius 2 is 1.74 bits per heavy atom. The van der Waals surface area contributed by atoms with Crippen LogP contribution in [0.5, 0.6) is 0 Å². The van der Waals surface area contributed by atoms with Gasteiger partial charge in [0.1, 0.15) is 12.1 Å². The summed E-state index contributed by atoms with van der Waals surface area (Å²) in [5.41, 5.74) is 10.0. The molecule has 0 aliphatic heterocycles. The zero-order chi connectivity index (χ0) is 19.2. The number of anilines is 1. The van der Waals surface area contributed by atoms with Crippen molar-refractivity contribution in [1.29, 1.82) is 0 Å². The summed E-state index contributed by atoms with van der Waals surface area (Å²) in [5, 5.41) is 1.95. The van der Waals surface area contributed by atoms with E-state index < -0.39 is 11.7 Å². The third-order valence-electron chi connectivity index (χ3n) is 4.43. The van der Waals surface area contributed by atoms with Crippen molar-refractivity contribution in [2.75, 3.05) is 5.73 Å². The van der Waals surface area contributed by atoms with Crippen LogP contribution in [0.1, 0.15) is 11.1 Å². The van der Waals surface area contributed by atoms with Gasteiger partial charge in [-0.15, -0.1) is 11.3 Å². The third kappa shape index (κ3) is 3.14. The third-order valence-corrected chi connectivity index (χ3v) is 5.42. The Bertz CT molecular complexity index is 1150. The standard InChI is InChI=1S/C20H14F3N3S/c1-11-5-6-13(12-3-2-4-14(7-12)20(21,22)23)8-15(11)16-9-27-18-17(16)25-10-26-19(18)24/h2-10H,1H3,(H2,24,25,26). The van der Waals surface area contributed by atoms with Gasteiger partial charge >= 0.3 is 6.18 Å². The number of thiophene rings is 1. The van der Waals surface area contributed by atoms with Crippen LogP contribution < -0.4 is 5.73 Å². The van der Waals surface area contributed by atoms with E-state index in [4.69, 9.17) is 5.73 Å². The molecule has 0 fully saturated rings. The van der Waals surface area contributed by atoms with Crippen LogP contribution in [-0.2, 0) is 6.18 Å². The van der Waals surface area contributed by atoms with Crippen LogP contribution in [0.4, 0.5) is 19.0 Å². The lowest BCUT2D eigenvalue weighted by atomic mass is 9.95. The molecule has 0 radical (unpaired) electrons. The second-order valence-corrected chi connectivity index (χ2v) is 7.07. The van der Waals surface area contributed by atoms with Gasteiger partial charge in [-0.1, -0.05) is 24.3 Å². The average molecular weight is 385 g/mol. The first-order valence-electron chi connectivity index (χ1n) is 8.11. The largest absolute Gasteiger partial charge is 0.416 e. The highest BCUT2D eigenvalue weighted by Crippen LogP contribution is 2.38. The number of nitrogens with zero attached hydrogens (tertiary/aromatic N) is 2. The van der Waals surface area contributed by atoms with Gasteiger partial charge in [-0.3, -0.25) is 0 Å². The highest BCUT2D eigenvalue weighted by Gasteiger charge is 2.30. The number of fused-ring (bicyclic) bond motifs is 1. The number of alkyl halides is 3. The molecule has 3 nitrogen and oxygen atoms in total. The van der Waals surface area contributed by atoms with Crippen LogP contribution in [0, 0.1) is 6.92 Å². The van der Waals surface area contributed by atoms with Crippen LogP contribution in [0.25, 0.3) is 32.5 Å². The fourth-order valence-corrected chi connectivity index (χ4v) is 3.95. The first-order chi connectivity index (χ1) is 12.8. The molecule has 2 aromatic carbocycles. The van der Waals surface area contributed by atoms with Gasteiger partial charge < -0.3 is 5.73 Å². The predicted octanol–water partition coefficient (Wildman–Crippen LogP) is 5.93. The number of hydrogen-bond acceptors (Lipinski definition) is 4. The van der Waals surface area contributed by atoms with E-state index in [-0.39, 0.29) is 0 Å². The first kappa shape index (κ1) is 17.5. The van der Waals surface area contributed by atoms with Gasteiger partial charge in [0.05, 0.1) is 15.8 Å². The molecule has 136 valence electrons. The number of hydrogen-bond donors (Lipinski definition) is 1. The predicted molar refractivity (Wildman–Crippen MR) is 102 cm³/mol.